The largest absolute Gasteiger partial charge is 0.349 e. The monoisotopic (exact) mass is 192 g/mol. The third-order valence-corrected chi connectivity index (χ3v) is 2.83. The Morgan fingerprint density at radius 2 is 2.21 bits per heavy atom. The number of rotatable bonds is 1. The van der Waals surface area contributed by atoms with Gasteiger partial charge < -0.3 is 9.88 Å². The van der Waals surface area contributed by atoms with Crippen molar-refractivity contribution in [2.75, 3.05) is 0 Å². The summed E-state index contributed by atoms with van der Waals surface area (Å²) in [6.45, 7) is 6.88. The van der Waals surface area contributed by atoms with Crippen molar-refractivity contribution in [2.45, 2.75) is 33.4 Å². The number of hydrogen-bond donors (Lipinski definition) is 1. The highest BCUT2D eigenvalue weighted by molar-refractivity contribution is 5.81. The van der Waals surface area contributed by atoms with E-state index in [1.54, 1.807) is 0 Å². The van der Waals surface area contributed by atoms with E-state index in [0.717, 1.165) is 0 Å². The third-order valence-electron chi connectivity index (χ3n) is 2.83. The SMILES string of the molecule is Cc1ccc2n1C(C(C)C)C(=O)NC2. The molecule has 1 N–H and O–H groups in total. The summed E-state index contributed by atoms with van der Waals surface area (Å²) in [4.78, 5) is 11.7. The topological polar surface area (TPSA) is 34.0 Å². The Morgan fingerprint density at radius 3 is 2.86 bits per heavy atom. The summed E-state index contributed by atoms with van der Waals surface area (Å²) in [5.41, 5.74) is 2.38. The van der Waals surface area contributed by atoms with Gasteiger partial charge in [0.15, 0.2) is 0 Å². The fourth-order valence-corrected chi connectivity index (χ4v) is 2.15. The van der Waals surface area contributed by atoms with Crippen LogP contribution in [0.3, 0.4) is 0 Å². The smallest absolute Gasteiger partial charge is 0.243 e. The van der Waals surface area contributed by atoms with Crippen LogP contribution in [0.4, 0.5) is 0 Å². The lowest BCUT2D eigenvalue weighted by Gasteiger charge is -2.30. The molecule has 1 aromatic heterocycles. The van der Waals surface area contributed by atoms with Crippen molar-refractivity contribution in [3.63, 3.8) is 0 Å². The molecule has 2 heterocycles. The molecule has 0 spiro atoms. The molecule has 0 bridgehead atoms. The molecule has 1 unspecified atom stereocenters. The van der Waals surface area contributed by atoms with Gasteiger partial charge in [-0.3, -0.25) is 4.79 Å². The zero-order valence-corrected chi connectivity index (χ0v) is 8.87. The number of nitrogens with zero attached hydrogens (tertiary/aromatic N) is 1. The second-order valence-corrected chi connectivity index (χ2v) is 4.24. The first-order valence-electron chi connectivity index (χ1n) is 5.05. The van der Waals surface area contributed by atoms with Crippen molar-refractivity contribution >= 4 is 5.91 Å². The van der Waals surface area contributed by atoms with Gasteiger partial charge in [0, 0.05) is 11.4 Å². The number of fused-ring (bicyclic) bond motifs is 1. The van der Waals surface area contributed by atoms with Crippen molar-refractivity contribution in [3.05, 3.63) is 23.5 Å². The molecule has 0 aromatic carbocycles. The molecule has 3 heteroatoms. The zero-order chi connectivity index (χ0) is 10.3. The van der Waals surface area contributed by atoms with E-state index in [2.05, 4.69) is 42.8 Å². The molecular weight excluding hydrogens is 176 g/mol. The highest BCUT2D eigenvalue weighted by Gasteiger charge is 2.29. The van der Waals surface area contributed by atoms with E-state index < -0.39 is 0 Å². The van der Waals surface area contributed by atoms with Crippen LogP contribution in [0.1, 0.15) is 31.3 Å². The molecule has 0 saturated heterocycles. The summed E-state index contributed by atoms with van der Waals surface area (Å²) in [7, 11) is 0. The van der Waals surface area contributed by atoms with Crippen molar-refractivity contribution < 1.29 is 4.79 Å². The van der Waals surface area contributed by atoms with Crippen LogP contribution in [-0.4, -0.2) is 10.5 Å². The molecule has 0 radical (unpaired) electrons. The summed E-state index contributed by atoms with van der Waals surface area (Å²) in [5, 5.41) is 2.92. The van der Waals surface area contributed by atoms with Gasteiger partial charge in [-0.25, -0.2) is 0 Å². The van der Waals surface area contributed by atoms with Crippen LogP contribution < -0.4 is 5.32 Å². The van der Waals surface area contributed by atoms with E-state index in [9.17, 15) is 4.79 Å². The molecule has 3 nitrogen and oxygen atoms in total. The van der Waals surface area contributed by atoms with E-state index in [4.69, 9.17) is 0 Å². The predicted octanol–water partition coefficient (Wildman–Crippen LogP) is 1.62. The van der Waals surface area contributed by atoms with Crippen LogP contribution >= 0.6 is 0 Å². The standard InChI is InChI=1S/C11H16N2O/c1-7(2)10-11(14)12-6-9-5-4-8(3)13(9)10/h4-5,7,10H,6H2,1-3H3,(H,12,14). The first kappa shape index (κ1) is 9.31. The minimum Gasteiger partial charge on any atom is -0.349 e. The summed E-state index contributed by atoms with van der Waals surface area (Å²) in [5.74, 6) is 0.479. The highest BCUT2D eigenvalue weighted by Crippen LogP contribution is 2.26. The van der Waals surface area contributed by atoms with Gasteiger partial charge in [0.1, 0.15) is 6.04 Å². The fraction of sp³-hybridized carbons (Fsp3) is 0.545. The molecular formula is C11H16N2O. The molecule has 1 aliphatic heterocycles. The molecule has 1 aromatic rings. The average Bonchev–Trinajstić information content (AvgIpc) is 2.47. The van der Waals surface area contributed by atoms with Crippen molar-refractivity contribution in [2.24, 2.45) is 5.92 Å². The lowest BCUT2D eigenvalue weighted by Crippen LogP contribution is -2.41. The van der Waals surface area contributed by atoms with Gasteiger partial charge in [0.25, 0.3) is 0 Å². The van der Waals surface area contributed by atoms with Gasteiger partial charge >= 0.3 is 0 Å². The Balaban J connectivity index is 2.50. The molecule has 1 amide bonds. The van der Waals surface area contributed by atoms with E-state index in [1.165, 1.54) is 11.4 Å². The number of amides is 1. The normalized spacial score (nSPS) is 20.9. The van der Waals surface area contributed by atoms with Crippen LogP contribution in [0.2, 0.25) is 0 Å². The average molecular weight is 192 g/mol. The maximum Gasteiger partial charge on any atom is 0.243 e. The second kappa shape index (κ2) is 3.15. The van der Waals surface area contributed by atoms with E-state index >= 15 is 0 Å². The minimum atomic E-state index is -0.0336. The molecule has 1 atom stereocenters. The molecule has 76 valence electrons. The van der Waals surface area contributed by atoms with Gasteiger partial charge in [0.2, 0.25) is 5.91 Å². The van der Waals surface area contributed by atoms with Crippen LogP contribution in [0.5, 0.6) is 0 Å². The number of hydrogen-bond acceptors (Lipinski definition) is 1. The van der Waals surface area contributed by atoms with Gasteiger partial charge in [0.05, 0.1) is 6.54 Å². The minimum absolute atomic E-state index is 0.0336. The van der Waals surface area contributed by atoms with E-state index in [1.807, 2.05) is 0 Å². The molecule has 0 saturated carbocycles. The summed E-state index contributed by atoms with van der Waals surface area (Å²) in [6, 6.07) is 4.13. The number of nitrogens with one attached hydrogen (secondary N) is 1. The maximum atomic E-state index is 11.7. The highest BCUT2D eigenvalue weighted by atomic mass is 16.2. The molecule has 14 heavy (non-hydrogen) atoms. The first-order chi connectivity index (χ1) is 6.61. The van der Waals surface area contributed by atoms with Gasteiger partial charge in [-0.1, -0.05) is 13.8 Å². The van der Waals surface area contributed by atoms with E-state index in [-0.39, 0.29) is 11.9 Å². The Labute approximate surface area is 84.1 Å². The van der Waals surface area contributed by atoms with E-state index in [0.29, 0.717) is 12.5 Å². The predicted molar refractivity (Wildman–Crippen MR) is 54.9 cm³/mol. The van der Waals surface area contributed by atoms with Gasteiger partial charge in [-0.15, -0.1) is 0 Å². The summed E-state index contributed by atoms with van der Waals surface area (Å²) < 4.78 is 2.16. The van der Waals surface area contributed by atoms with Crippen molar-refractivity contribution in [1.29, 1.82) is 0 Å². The van der Waals surface area contributed by atoms with Crippen LogP contribution in [0.25, 0.3) is 0 Å². The van der Waals surface area contributed by atoms with Gasteiger partial charge in [-0.05, 0) is 25.0 Å². The quantitative estimate of drug-likeness (QED) is 0.721. The number of carbonyl (C=O) groups excluding carboxylic acids is 1. The summed E-state index contributed by atoms with van der Waals surface area (Å²) >= 11 is 0. The van der Waals surface area contributed by atoms with Gasteiger partial charge in [-0.2, -0.15) is 0 Å². The van der Waals surface area contributed by atoms with Crippen LogP contribution in [-0.2, 0) is 11.3 Å². The lowest BCUT2D eigenvalue weighted by molar-refractivity contribution is -0.126. The van der Waals surface area contributed by atoms with Crippen LogP contribution in [0.15, 0.2) is 12.1 Å². The molecule has 0 aliphatic carbocycles. The molecule has 0 fully saturated rings. The summed E-state index contributed by atoms with van der Waals surface area (Å²) in [6.07, 6.45) is 0. The first-order valence-corrected chi connectivity index (χ1v) is 5.05. The second-order valence-electron chi connectivity index (χ2n) is 4.24. The lowest BCUT2D eigenvalue weighted by atomic mass is 10.0. The Bertz CT molecular complexity index is 365. The number of aryl methyl sites for hydroxylation is 1. The third kappa shape index (κ3) is 1.24. The zero-order valence-electron chi connectivity index (χ0n) is 8.87. The number of aromatic nitrogens is 1. The maximum absolute atomic E-state index is 11.7. The van der Waals surface area contributed by atoms with Crippen LogP contribution in [0, 0.1) is 12.8 Å². The molecule has 1 aliphatic rings. The Morgan fingerprint density at radius 1 is 1.50 bits per heavy atom. The number of carbonyl (C=O) groups is 1. The Kier molecular flexibility index (Phi) is 2.10. The van der Waals surface area contributed by atoms with Crippen molar-refractivity contribution in [1.82, 2.24) is 9.88 Å². The van der Waals surface area contributed by atoms with Crippen molar-refractivity contribution in [3.8, 4) is 0 Å². The Hall–Kier alpha value is -1.25. The fourth-order valence-electron chi connectivity index (χ4n) is 2.15. The molecule has 2 rings (SSSR count).